The van der Waals surface area contributed by atoms with Crippen molar-refractivity contribution >= 4 is 23.8 Å². The first-order valence-corrected chi connectivity index (χ1v) is 7.06. The molecule has 0 radical (unpaired) electrons. The molecule has 1 fully saturated rings. The van der Waals surface area contributed by atoms with Gasteiger partial charge in [-0.2, -0.15) is 11.8 Å². The number of nitrogens with one attached hydrogen (secondary N) is 1. The van der Waals surface area contributed by atoms with Gasteiger partial charge in [0, 0.05) is 17.8 Å². The summed E-state index contributed by atoms with van der Waals surface area (Å²) in [5, 5.41) is 11.7. The zero-order valence-corrected chi connectivity index (χ0v) is 11.1. The van der Waals surface area contributed by atoms with Gasteiger partial charge in [-0.05, 0) is 25.5 Å². The lowest BCUT2D eigenvalue weighted by Crippen LogP contribution is -2.50. The van der Waals surface area contributed by atoms with E-state index < -0.39 is 5.97 Å². The van der Waals surface area contributed by atoms with Crippen LogP contribution in [0.15, 0.2) is 0 Å². The topological polar surface area (TPSA) is 69.6 Å². The standard InChI is InChI=1S/C11H20N2O3S/c1-3-8(2)13(6-10(14)15)11(16)12-9-4-5-17-7-9/h8-9H,3-7H2,1-2H3,(H,12,16)(H,14,15). The second kappa shape index (κ2) is 6.74. The van der Waals surface area contributed by atoms with Crippen molar-refractivity contribution in [2.75, 3.05) is 18.1 Å². The molecule has 6 heteroatoms. The summed E-state index contributed by atoms with van der Waals surface area (Å²) in [6, 6.07) is -0.123. The molecule has 2 unspecified atom stereocenters. The number of urea groups is 1. The third-order valence-electron chi connectivity index (χ3n) is 2.95. The summed E-state index contributed by atoms with van der Waals surface area (Å²) >= 11 is 1.81. The van der Waals surface area contributed by atoms with E-state index in [1.54, 1.807) is 0 Å². The fourth-order valence-corrected chi connectivity index (χ4v) is 2.85. The van der Waals surface area contributed by atoms with E-state index in [0.29, 0.717) is 0 Å². The number of hydrogen-bond donors (Lipinski definition) is 2. The minimum Gasteiger partial charge on any atom is -0.480 e. The number of carboxylic acid groups (broad SMARTS) is 1. The fourth-order valence-electron chi connectivity index (χ4n) is 1.70. The highest BCUT2D eigenvalue weighted by Crippen LogP contribution is 2.17. The Labute approximate surface area is 106 Å². The van der Waals surface area contributed by atoms with Crippen LogP contribution in [0.1, 0.15) is 26.7 Å². The third-order valence-corrected chi connectivity index (χ3v) is 4.11. The number of carbonyl (C=O) groups is 2. The Bertz CT molecular complexity index is 280. The van der Waals surface area contributed by atoms with Crippen LogP contribution in [0.2, 0.25) is 0 Å². The monoisotopic (exact) mass is 260 g/mol. The van der Waals surface area contributed by atoms with Crippen LogP contribution in [0.3, 0.4) is 0 Å². The summed E-state index contributed by atoms with van der Waals surface area (Å²) in [7, 11) is 0. The van der Waals surface area contributed by atoms with Gasteiger partial charge in [-0.25, -0.2) is 4.79 Å². The van der Waals surface area contributed by atoms with Crippen LogP contribution in [0.25, 0.3) is 0 Å². The number of hydrogen-bond acceptors (Lipinski definition) is 3. The van der Waals surface area contributed by atoms with E-state index >= 15 is 0 Å². The van der Waals surface area contributed by atoms with Gasteiger partial charge in [0.15, 0.2) is 0 Å². The quantitative estimate of drug-likeness (QED) is 0.783. The van der Waals surface area contributed by atoms with Gasteiger partial charge in [0.25, 0.3) is 0 Å². The summed E-state index contributed by atoms with van der Waals surface area (Å²) in [5.74, 6) is 1.02. The van der Waals surface area contributed by atoms with Crippen molar-refractivity contribution in [1.29, 1.82) is 0 Å². The Morgan fingerprint density at radius 2 is 2.29 bits per heavy atom. The molecule has 2 atom stereocenters. The third kappa shape index (κ3) is 4.46. The SMILES string of the molecule is CCC(C)N(CC(=O)O)C(=O)NC1CCSC1. The maximum Gasteiger partial charge on any atom is 0.323 e. The van der Waals surface area contributed by atoms with Gasteiger partial charge in [0.1, 0.15) is 6.54 Å². The highest BCUT2D eigenvalue weighted by Gasteiger charge is 2.25. The first kappa shape index (κ1) is 14.2. The molecule has 5 nitrogen and oxygen atoms in total. The fraction of sp³-hybridized carbons (Fsp3) is 0.818. The Kier molecular flexibility index (Phi) is 5.61. The van der Waals surface area contributed by atoms with Crippen molar-refractivity contribution in [2.24, 2.45) is 0 Å². The molecule has 1 saturated heterocycles. The van der Waals surface area contributed by atoms with Crippen molar-refractivity contribution in [3.05, 3.63) is 0 Å². The molecule has 1 aliphatic rings. The van der Waals surface area contributed by atoms with Gasteiger partial charge in [0.2, 0.25) is 0 Å². The summed E-state index contributed by atoms with van der Waals surface area (Å²) in [5.41, 5.74) is 0. The van der Waals surface area contributed by atoms with E-state index in [-0.39, 0.29) is 24.7 Å². The number of aliphatic carboxylic acids is 1. The minimum absolute atomic E-state index is 0.0554. The predicted octanol–water partition coefficient (Wildman–Crippen LogP) is 1.39. The van der Waals surface area contributed by atoms with Gasteiger partial charge in [-0.15, -0.1) is 0 Å². The Morgan fingerprint density at radius 3 is 2.76 bits per heavy atom. The molecule has 0 aromatic carbocycles. The molecule has 1 heterocycles. The van der Waals surface area contributed by atoms with Crippen LogP contribution in [0.5, 0.6) is 0 Å². The smallest absolute Gasteiger partial charge is 0.323 e. The molecular weight excluding hydrogens is 240 g/mol. The van der Waals surface area contributed by atoms with Crippen LogP contribution in [0.4, 0.5) is 4.79 Å². The second-order valence-electron chi connectivity index (χ2n) is 4.29. The van der Waals surface area contributed by atoms with Gasteiger partial charge >= 0.3 is 12.0 Å². The summed E-state index contributed by atoms with van der Waals surface area (Å²) < 4.78 is 0. The molecule has 98 valence electrons. The predicted molar refractivity (Wildman–Crippen MR) is 68.4 cm³/mol. The molecule has 0 aliphatic carbocycles. The van der Waals surface area contributed by atoms with Crippen molar-refractivity contribution in [3.63, 3.8) is 0 Å². The molecule has 1 rings (SSSR count). The Morgan fingerprint density at radius 1 is 1.59 bits per heavy atom. The van der Waals surface area contributed by atoms with Crippen molar-refractivity contribution in [2.45, 2.75) is 38.8 Å². The van der Waals surface area contributed by atoms with Crippen molar-refractivity contribution in [1.82, 2.24) is 10.2 Å². The van der Waals surface area contributed by atoms with Crippen molar-refractivity contribution < 1.29 is 14.7 Å². The second-order valence-corrected chi connectivity index (χ2v) is 5.44. The average molecular weight is 260 g/mol. The zero-order chi connectivity index (χ0) is 12.8. The number of rotatable bonds is 5. The van der Waals surface area contributed by atoms with E-state index in [0.717, 1.165) is 24.3 Å². The molecule has 0 aromatic heterocycles. The minimum atomic E-state index is -0.971. The molecule has 0 aromatic rings. The number of amides is 2. The normalized spacial score (nSPS) is 20.9. The highest BCUT2D eigenvalue weighted by atomic mass is 32.2. The molecule has 17 heavy (non-hydrogen) atoms. The Hall–Kier alpha value is -0.910. The van der Waals surface area contributed by atoms with Crippen LogP contribution >= 0.6 is 11.8 Å². The number of thioether (sulfide) groups is 1. The Balaban J connectivity index is 2.54. The number of carbonyl (C=O) groups excluding carboxylic acids is 1. The molecule has 0 bridgehead atoms. The van der Waals surface area contributed by atoms with Crippen molar-refractivity contribution in [3.8, 4) is 0 Å². The molecule has 2 amide bonds. The lowest BCUT2D eigenvalue weighted by atomic mass is 10.2. The maximum atomic E-state index is 12.0. The van der Waals surface area contributed by atoms with Gasteiger partial charge in [-0.1, -0.05) is 6.92 Å². The number of nitrogens with zero attached hydrogens (tertiary/aromatic N) is 1. The van der Waals surface area contributed by atoms with E-state index in [9.17, 15) is 9.59 Å². The summed E-state index contributed by atoms with van der Waals surface area (Å²) in [6.07, 6.45) is 1.72. The molecule has 2 N–H and O–H groups in total. The van der Waals surface area contributed by atoms with E-state index in [2.05, 4.69) is 5.32 Å². The first-order chi connectivity index (χ1) is 8.04. The van der Waals surface area contributed by atoms with Gasteiger partial charge in [0.05, 0.1) is 0 Å². The first-order valence-electron chi connectivity index (χ1n) is 5.91. The van der Waals surface area contributed by atoms with Gasteiger partial charge in [-0.3, -0.25) is 4.79 Å². The molecule has 0 saturated carbocycles. The zero-order valence-electron chi connectivity index (χ0n) is 10.3. The molecular formula is C11H20N2O3S. The van der Waals surface area contributed by atoms with E-state index in [4.69, 9.17) is 5.11 Å². The van der Waals surface area contributed by atoms with Crippen LogP contribution in [-0.4, -0.2) is 52.1 Å². The summed E-state index contributed by atoms with van der Waals surface area (Å²) in [4.78, 5) is 24.1. The average Bonchev–Trinajstić information content (AvgIpc) is 2.77. The lowest BCUT2D eigenvalue weighted by Gasteiger charge is -2.28. The summed E-state index contributed by atoms with van der Waals surface area (Å²) in [6.45, 7) is 3.57. The lowest BCUT2D eigenvalue weighted by molar-refractivity contribution is -0.138. The van der Waals surface area contributed by atoms with Gasteiger partial charge < -0.3 is 15.3 Å². The van der Waals surface area contributed by atoms with Crippen LogP contribution < -0.4 is 5.32 Å². The number of carboxylic acids is 1. The highest BCUT2D eigenvalue weighted by molar-refractivity contribution is 7.99. The van der Waals surface area contributed by atoms with Crippen LogP contribution in [-0.2, 0) is 4.79 Å². The van der Waals surface area contributed by atoms with E-state index in [1.807, 2.05) is 25.6 Å². The van der Waals surface area contributed by atoms with Crippen LogP contribution in [0, 0.1) is 0 Å². The molecule has 1 aliphatic heterocycles. The molecule has 0 spiro atoms. The maximum absolute atomic E-state index is 12.0. The largest absolute Gasteiger partial charge is 0.480 e. The van der Waals surface area contributed by atoms with E-state index in [1.165, 1.54) is 4.90 Å².